The molecule has 1 fully saturated rings. The lowest BCUT2D eigenvalue weighted by Gasteiger charge is -2.03. The fourth-order valence-electron chi connectivity index (χ4n) is 2.14. The number of rotatable bonds is 3. The lowest BCUT2D eigenvalue weighted by Crippen LogP contribution is -2.12. The van der Waals surface area contributed by atoms with Gasteiger partial charge < -0.3 is 14.5 Å². The van der Waals surface area contributed by atoms with Gasteiger partial charge in [0.2, 0.25) is 11.8 Å². The van der Waals surface area contributed by atoms with Crippen molar-refractivity contribution in [2.45, 2.75) is 18.9 Å². The minimum absolute atomic E-state index is 0.205. The number of nitrogens with one attached hydrogen (secondary N) is 1. The second kappa shape index (κ2) is 4.78. The van der Waals surface area contributed by atoms with E-state index in [1.54, 1.807) is 7.11 Å². The lowest BCUT2D eigenvalue weighted by atomic mass is 10.2. The van der Waals surface area contributed by atoms with Crippen LogP contribution in [0.1, 0.15) is 24.8 Å². The minimum atomic E-state index is 0.205. The molecule has 1 aliphatic heterocycles. The number of hydrogen-bond acceptors (Lipinski definition) is 5. The molecule has 1 aromatic heterocycles. The maximum atomic E-state index is 5.71. The number of ether oxygens (including phenoxy) is 1. The zero-order valence-corrected chi connectivity index (χ0v) is 10.2. The summed E-state index contributed by atoms with van der Waals surface area (Å²) in [6.45, 7) is 1.02. The molecule has 1 N–H and O–H groups in total. The first kappa shape index (κ1) is 11.2. The third-order valence-electron chi connectivity index (χ3n) is 3.12. The number of methoxy groups -OCH3 is 1. The van der Waals surface area contributed by atoms with Crippen LogP contribution in [0, 0.1) is 0 Å². The smallest absolute Gasteiger partial charge is 0.247 e. The van der Waals surface area contributed by atoms with Crippen molar-refractivity contribution in [2.75, 3.05) is 13.7 Å². The van der Waals surface area contributed by atoms with Gasteiger partial charge in [-0.15, -0.1) is 10.2 Å². The number of benzene rings is 1. The van der Waals surface area contributed by atoms with Crippen molar-refractivity contribution in [2.24, 2.45) is 0 Å². The predicted octanol–water partition coefficient (Wildman–Crippen LogP) is 2.17. The normalized spacial score (nSPS) is 19.1. The summed E-state index contributed by atoms with van der Waals surface area (Å²) < 4.78 is 10.9. The van der Waals surface area contributed by atoms with E-state index >= 15 is 0 Å². The molecule has 0 radical (unpaired) electrons. The van der Waals surface area contributed by atoms with Gasteiger partial charge in [0.05, 0.1) is 13.2 Å². The molecule has 94 valence electrons. The molecule has 0 amide bonds. The third kappa shape index (κ3) is 2.09. The number of nitrogens with zero attached hydrogens (tertiary/aromatic N) is 2. The van der Waals surface area contributed by atoms with E-state index in [4.69, 9.17) is 9.15 Å². The zero-order valence-electron chi connectivity index (χ0n) is 10.2. The molecular weight excluding hydrogens is 230 g/mol. The van der Waals surface area contributed by atoms with Crippen molar-refractivity contribution in [3.05, 3.63) is 30.2 Å². The zero-order chi connectivity index (χ0) is 12.4. The molecule has 0 aliphatic carbocycles. The summed E-state index contributed by atoms with van der Waals surface area (Å²) in [5.41, 5.74) is 0.881. The van der Waals surface area contributed by atoms with Gasteiger partial charge >= 0.3 is 0 Å². The van der Waals surface area contributed by atoms with Crippen molar-refractivity contribution < 1.29 is 9.15 Å². The molecule has 0 bridgehead atoms. The fourth-order valence-corrected chi connectivity index (χ4v) is 2.14. The summed E-state index contributed by atoms with van der Waals surface area (Å²) in [6.07, 6.45) is 2.21. The van der Waals surface area contributed by atoms with E-state index in [9.17, 15) is 0 Å². The standard InChI is InChI=1S/C13H15N3O2/c1-17-10-5-2-4-9(8-10)12-15-16-13(18-12)11-6-3-7-14-11/h2,4-5,8,11,14H,3,6-7H2,1H3/t11-/m0/s1. The van der Waals surface area contributed by atoms with Crippen LogP contribution in [0.2, 0.25) is 0 Å². The Labute approximate surface area is 105 Å². The van der Waals surface area contributed by atoms with Gasteiger partial charge in [-0.05, 0) is 37.6 Å². The van der Waals surface area contributed by atoms with E-state index in [1.165, 1.54) is 0 Å². The van der Waals surface area contributed by atoms with Gasteiger partial charge in [-0.1, -0.05) is 6.07 Å². The highest BCUT2D eigenvalue weighted by Crippen LogP contribution is 2.27. The summed E-state index contributed by atoms with van der Waals surface area (Å²) in [6, 6.07) is 7.82. The molecule has 0 saturated carbocycles. The van der Waals surface area contributed by atoms with Gasteiger partial charge in [0.25, 0.3) is 0 Å². The Hall–Kier alpha value is -1.88. The Balaban J connectivity index is 1.87. The second-order valence-electron chi connectivity index (χ2n) is 4.33. The van der Waals surface area contributed by atoms with Crippen LogP contribution in [-0.4, -0.2) is 23.9 Å². The molecule has 2 heterocycles. The molecule has 0 unspecified atom stereocenters. The first-order chi connectivity index (χ1) is 8.86. The summed E-state index contributed by atoms with van der Waals surface area (Å²) in [4.78, 5) is 0. The largest absolute Gasteiger partial charge is 0.497 e. The molecule has 1 aliphatic rings. The Morgan fingerprint density at radius 1 is 1.39 bits per heavy atom. The van der Waals surface area contributed by atoms with E-state index in [1.807, 2.05) is 24.3 Å². The van der Waals surface area contributed by atoms with Crippen LogP contribution in [0.15, 0.2) is 28.7 Å². The van der Waals surface area contributed by atoms with Gasteiger partial charge in [0, 0.05) is 5.56 Å². The average Bonchev–Trinajstić information content (AvgIpc) is 3.09. The molecule has 1 saturated heterocycles. The molecule has 1 atom stereocenters. The van der Waals surface area contributed by atoms with Crippen LogP contribution in [0.25, 0.3) is 11.5 Å². The molecule has 3 rings (SSSR count). The SMILES string of the molecule is COc1cccc(-c2nnc([C@@H]3CCCN3)o2)c1. The van der Waals surface area contributed by atoms with E-state index < -0.39 is 0 Å². The van der Waals surface area contributed by atoms with Crippen LogP contribution < -0.4 is 10.1 Å². The highest BCUT2D eigenvalue weighted by atomic mass is 16.5. The first-order valence-corrected chi connectivity index (χ1v) is 6.08. The monoisotopic (exact) mass is 245 g/mol. The lowest BCUT2D eigenvalue weighted by molar-refractivity contribution is 0.414. The first-order valence-electron chi connectivity index (χ1n) is 6.08. The summed E-state index contributed by atoms with van der Waals surface area (Å²) in [5.74, 6) is 1.99. The minimum Gasteiger partial charge on any atom is -0.497 e. The van der Waals surface area contributed by atoms with Gasteiger partial charge in [-0.25, -0.2) is 0 Å². The van der Waals surface area contributed by atoms with Gasteiger partial charge in [0.1, 0.15) is 5.75 Å². The number of aromatic nitrogens is 2. The Bertz CT molecular complexity index is 533. The maximum Gasteiger partial charge on any atom is 0.247 e. The highest BCUT2D eigenvalue weighted by Gasteiger charge is 2.22. The van der Waals surface area contributed by atoms with Crippen LogP contribution in [-0.2, 0) is 0 Å². The van der Waals surface area contributed by atoms with Crippen molar-refractivity contribution in [3.8, 4) is 17.2 Å². The Morgan fingerprint density at radius 2 is 2.33 bits per heavy atom. The van der Waals surface area contributed by atoms with E-state index in [0.717, 1.165) is 30.7 Å². The van der Waals surface area contributed by atoms with Crippen LogP contribution in [0.3, 0.4) is 0 Å². The molecule has 18 heavy (non-hydrogen) atoms. The summed E-state index contributed by atoms with van der Waals surface area (Å²) in [5, 5.41) is 11.5. The van der Waals surface area contributed by atoms with Gasteiger partial charge in [-0.2, -0.15) is 0 Å². The van der Waals surface area contributed by atoms with Gasteiger partial charge in [0.15, 0.2) is 0 Å². The maximum absolute atomic E-state index is 5.71. The second-order valence-corrected chi connectivity index (χ2v) is 4.33. The van der Waals surface area contributed by atoms with Crippen molar-refractivity contribution >= 4 is 0 Å². The van der Waals surface area contributed by atoms with Crippen LogP contribution >= 0.6 is 0 Å². The molecule has 2 aromatic rings. The highest BCUT2D eigenvalue weighted by molar-refractivity contribution is 5.55. The summed E-state index contributed by atoms with van der Waals surface area (Å²) >= 11 is 0. The van der Waals surface area contributed by atoms with E-state index in [2.05, 4.69) is 15.5 Å². The Morgan fingerprint density at radius 3 is 3.11 bits per heavy atom. The molecule has 0 spiro atoms. The van der Waals surface area contributed by atoms with Crippen LogP contribution in [0.5, 0.6) is 5.75 Å². The average molecular weight is 245 g/mol. The van der Waals surface area contributed by atoms with Crippen LogP contribution in [0.4, 0.5) is 0 Å². The predicted molar refractivity (Wildman–Crippen MR) is 66.3 cm³/mol. The molecular formula is C13H15N3O2. The van der Waals surface area contributed by atoms with Crippen molar-refractivity contribution in [3.63, 3.8) is 0 Å². The number of hydrogen-bond donors (Lipinski definition) is 1. The van der Waals surface area contributed by atoms with Crippen molar-refractivity contribution in [1.29, 1.82) is 0 Å². The quantitative estimate of drug-likeness (QED) is 0.898. The van der Waals surface area contributed by atoms with Gasteiger partial charge in [-0.3, -0.25) is 0 Å². The third-order valence-corrected chi connectivity index (χ3v) is 3.12. The summed E-state index contributed by atoms with van der Waals surface area (Å²) in [7, 11) is 1.64. The van der Waals surface area contributed by atoms with E-state index in [0.29, 0.717) is 11.8 Å². The topological polar surface area (TPSA) is 60.2 Å². The molecule has 5 nitrogen and oxygen atoms in total. The fraction of sp³-hybridized carbons (Fsp3) is 0.385. The molecule has 5 heteroatoms. The van der Waals surface area contributed by atoms with Crippen molar-refractivity contribution in [1.82, 2.24) is 15.5 Å². The molecule has 1 aromatic carbocycles. The van der Waals surface area contributed by atoms with E-state index in [-0.39, 0.29) is 6.04 Å². The Kier molecular flexibility index (Phi) is 2.98.